The van der Waals surface area contributed by atoms with Crippen LogP contribution in [0.2, 0.25) is 0 Å². The first-order valence-corrected chi connectivity index (χ1v) is 9.54. The summed E-state index contributed by atoms with van der Waals surface area (Å²) in [6, 6.07) is 12.4. The molecule has 1 aromatic heterocycles. The van der Waals surface area contributed by atoms with Crippen LogP contribution in [0.15, 0.2) is 71.4 Å². The van der Waals surface area contributed by atoms with Crippen LogP contribution < -0.4 is 16.0 Å². The molecule has 0 atom stereocenters. The van der Waals surface area contributed by atoms with Crippen LogP contribution in [0.25, 0.3) is 6.08 Å². The number of rotatable bonds is 6. The molecule has 7 nitrogen and oxygen atoms in total. The van der Waals surface area contributed by atoms with Crippen molar-refractivity contribution in [3.05, 3.63) is 83.8 Å². The third-order valence-corrected chi connectivity index (χ3v) is 4.24. The summed E-state index contributed by atoms with van der Waals surface area (Å²) in [7, 11) is 0. The second kappa shape index (κ2) is 9.86. The number of halogens is 3. The molecule has 0 aliphatic carbocycles. The average Bonchev–Trinajstić information content (AvgIpc) is 3.28. The van der Waals surface area contributed by atoms with E-state index >= 15 is 0 Å². The van der Waals surface area contributed by atoms with E-state index < -0.39 is 29.2 Å². The highest BCUT2D eigenvalue weighted by Gasteiger charge is 2.34. The van der Waals surface area contributed by atoms with Crippen molar-refractivity contribution in [3.8, 4) is 0 Å². The lowest BCUT2D eigenvalue weighted by atomic mass is 10.1. The normalized spacial score (nSPS) is 11.3. The van der Waals surface area contributed by atoms with E-state index in [9.17, 15) is 27.6 Å². The van der Waals surface area contributed by atoms with Gasteiger partial charge in [-0.25, -0.2) is 0 Å². The number of anilines is 3. The van der Waals surface area contributed by atoms with Gasteiger partial charge in [-0.2, -0.15) is 13.2 Å². The van der Waals surface area contributed by atoms with Crippen LogP contribution in [0.1, 0.15) is 28.6 Å². The SMILES string of the molecule is CC(=O)Nc1ccc(/C=C/C(=O)Nc2ccc(NC(=O)c3ccco3)cc2C(F)(F)F)cc1. The van der Waals surface area contributed by atoms with Crippen molar-refractivity contribution in [2.24, 2.45) is 0 Å². The average molecular weight is 457 g/mol. The fourth-order valence-electron chi connectivity index (χ4n) is 2.79. The van der Waals surface area contributed by atoms with E-state index in [1.54, 1.807) is 24.3 Å². The molecule has 3 rings (SSSR count). The molecule has 0 saturated carbocycles. The highest BCUT2D eigenvalue weighted by atomic mass is 19.4. The Labute approximate surface area is 186 Å². The Morgan fingerprint density at radius 2 is 1.61 bits per heavy atom. The Balaban J connectivity index is 1.72. The lowest BCUT2D eigenvalue weighted by Crippen LogP contribution is -2.16. The van der Waals surface area contributed by atoms with Crippen molar-refractivity contribution in [2.75, 3.05) is 16.0 Å². The molecule has 3 aromatic rings. The van der Waals surface area contributed by atoms with Gasteiger partial charge in [-0.1, -0.05) is 12.1 Å². The molecule has 3 N–H and O–H groups in total. The van der Waals surface area contributed by atoms with E-state index in [4.69, 9.17) is 4.42 Å². The lowest BCUT2D eigenvalue weighted by molar-refractivity contribution is -0.137. The fraction of sp³-hybridized carbons (Fsp3) is 0.0870. The molecule has 33 heavy (non-hydrogen) atoms. The van der Waals surface area contributed by atoms with E-state index in [2.05, 4.69) is 16.0 Å². The zero-order valence-corrected chi connectivity index (χ0v) is 17.2. The first-order chi connectivity index (χ1) is 15.6. The van der Waals surface area contributed by atoms with Crippen molar-refractivity contribution in [1.29, 1.82) is 0 Å². The van der Waals surface area contributed by atoms with Gasteiger partial charge < -0.3 is 20.4 Å². The topological polar surface area (TPSA) is 100 Å². The van der Waals surface area contributed by atoms with Gasteiger partial charge in [0.15, 0.2) is 5.76 Å². The van der Waals surface area contributed by atoms with E-state index in [1.165, 1.54) is 37.5 Å². The summed E-state index contributed by atoms with van der Waals surface area (Å²) in [6.45, 7) is 1.37. The van der Waals surface area contributed by atoms with Crippen molar-refractivity contribution in [1.82, 2.24) is 0 Å². The predicted octanol–water partition coefficient (Wildman–Crippen LogP) is 5.16. The minimum absolute atomic E-state index is 0.0591. The molecule has 3 amide bonds. The summed E-state index contributed by atoms with van der Waals surface area (Å²) in [4.78, 5) is 35.2. The molecular formula is C23H18F3N3O4. The lowest BCUT2D eigenvalue weighted by Gasteiger charge is -2.15. The van der Waals surface area contributed by atoms with Crippen molar-refractivity contribution >= 4 is 40.9 Å². The smallest absolute Gasteiger partial charge is 0.418 e. The molecule has 1 heterocycles. The Morgan fingerprint density at radius 3 is 2.21 bits per heavy atom. The van der Waals surface area contributed by atoms with Crippen LogP contribution in [0.5, 0.6) is 0 Å². The molecule has 0 spiro atoms. The van der Waals surface area contributed by atoms with E-state index in [-0.39, 0.29) is 17.4 Å². The number of carbonyl (C=O) groups is 3. The maximum Gasteiger partial charge on any atom is 0.418 e. The first kappa shape index (κ1) is 23.3. The molecule has 2 aromatic carbocycles. The first-order valence-electron chi connectivity index (χ1n) is 9.54. The van der Waals surface area contributed by atoms with Crippen LogP contribution in [0.3, 0.4) is 0 Å². The van der Waals surface area contributed by atoms with Crippen LogP contribution in [-0.2, 0) is 15.8 Å². The minimum Gasteiger partial charge on any atom is -0.459 e. The number of amides is 3. The molecular weight excluding hydrogens is 439 g/mol. The molecule has 170 valence electrons. The molecule has 0 bridgehead atoms. The van der Waals surface area contributed by atoms with Gasteiger partial charge >= 0.3 is 6.18 Å². The number of furan rings is 1. The van der Waals surface area contributed by atoms with Gasteiger partial charge in [0.05, 0.1) is 17.5 Å². The predicted molar refractivity (Wildman–Crippen MR) is 117 cm³/mol. The molecule has 10 heteroatoms. The highest BCUT2D eigenvalue weighted by molar-refractivity contribution is 6.04. The number of nitrogens with one attached hydrogen (secondary N) is 3. The van der Waals surface area contributed by atoms with E-state index in [0.717, 1.165) is 18.2 Å². The van der Waals surface area contributed by atoms with Gasteiger partial charge in [0.25, 0.3) is 5.91 Å². The van der Waals surface area contributed by atoms with Gasteiger partial charge in [0.1, 0.15) is 0 Å². The van der Waals surface area contributed by atoms with Crippen LogP contribution in [-0.4, -0.2) is 17.7 Å². The minimum atomic E-state index is -4.78. The van der Waals surface area contributed by atoms with Gasteiger partial charge in [-0.15, -0.1) is 0 Å². The molecule has 0 saturated heterocycles. The number of hydrogen-bond acceptors (Lipinski definition) is 4. The number of hydrogen-bond donors (Lipinski definition) is 3. The molecule has 0 fully saturated rings. The molecule has 0 aliphatic heterocycles. The number of carbonyl (C=O) groups excluding carboxylic acids is 3. The summed E-state index contributed by atoms with van der Waals surface area (Å²) in [5.41, 5.74) is -0.531. The van der Waals surface area contributed by atoms with Gasteiger partial charge in [-0.3, -0.25) is 14.4 Å². The molecule has 0 radical (unpaired) electrons. The third kappa shape index (κ3) is 6.57. The quantitative estimate of drug-likeness (QED) is 0.445. The summed E-state index contributed by atoms with van der Waals surface area (Å²) >= 11 is 0. The highest BCUT2D eigenvalue weighted by Crippen LogP contribution is 2.36. The van der Waals surface area contributed by atoms with Crippen molar-refractivity contribution < 1.29 is 32.0 Å². The standard InChI is InChI=1S/C23H18F3N3O4/c1-14(30)27-16-7-4-15(5-8-16)6-11-21(31)29-19-10-9-17(13-18(19)23(24,25)26)28-22(32)20-3-2-12-33-20/h2-13H,1H3,(H,27,30)(H,28,32)(H,29,31)/b11-6+. The second-order valence-corrected chi connectivity index (χ2v) is 6.82. The number of alkyl halides is 3. The largest absolute Gasteiger partial charge is 0.459 e. The van der Waals surface area contributed by atoms with Crippen LogP contribution >= 0.6 is 0 Å². The summed E-state index contributed by atoms with van der Waals surface area (Å²) in [5, 5.41) is 7.11. The van der Waals surface area contributed by atoms with Gasteiger partial charge in [0.2, 0.25) is 11.8 Å². The van der Waals surface area contributed by atoms with Gasteiger partial charge in [-0.05, 0) is 54.1 Å². The zero-order chi connectivity index (χ0) is 24.0. The van der Waals surface area contributed by atoms with E-state index in [1.807, 2.05) is 0 Å². The van der Waals surface area contributed by atoms with Gasteiger partial charge in [0, 0.05) is 24.4 Å². The maximum absolute atomic E-state index is 13.5. The third-order valence-electron chi connectivity index (χ3n) is 4.24. The zero-order valence-electron chi connectivity index (χ0n) is 17.2. The Kier molecular flexibility index (Phi) is 6.97. The van der Waals surface area contributed by atoms with Crippen molar-refractivity contribution in [3.63, 3.8) is 0 Å². The Morgan fingerprint density at radius 1 is 0.909 bits per heavy atom. The molecule has 0 aliphatic rings. The summed E-state index contributed by atoms with van der Waals surface area (Å²) < 4.78 is 45.5. The molecule has 0 unspecified atom stereocenters. The Hall–Kier alpha value is -4.34. The fourth-order valence-corrected chi connectivity index (χ4v) is 2.79. The van der Waals surface area contributed by atoms with E-state index in [0.29, 0.717) is 11.3 Å². The maximum atomic E-state index is 13.5. The monoisotopic (exact) mass is 457 g/mol. The van der Waals surface area contributed by atoms with Crippen LogP contribution in [0, 0.1) is 0 Å². The summed E-state index contributed by atoms with van der Waals surface area (Å²) in [6.07, 6.45) is -1.02. The summed E-state index contributed by atoms with van der Waals surface area (Å²) in [5.74, 6) is -1.78. The van der Waals surface area contributed by atoms with Crippen LogP contribution in [0.4, 0.5) is 30.2 Å². The van der Waals surface area contributed by atoms with Crippen molar-refractivity contribution in [2.45, 2.75) is 13.1 Å². The number of benzene rings is 2. The Bertz CT molecular complexity index is 1180. The second-order valence-electron chi connectivity index (χ2n) is 6.82.